The molecule has 0 saturated heterocycles. The molecular weight excluding hydrogens is 465 g/mol. The van der Waals surface area contributed by atoms with Crippen molar-refractivity contribution in [3.63, 3.8) is 0 Å². The van der Waals surface area contributed by atoms with Gasteiger partial charge in [0.2, 0.25) is 0 Å². The highest BCUT2D eigenvalue weighted by Crippen LogP contribution is 2.40. The number of nitrogens with one attached hydrogen (secondary N) is 2. The minimum absolute atomic E-state index is 0. The molecule has 0 aromatic heterocycles. The largest absolute Gasteiger partial charge is 0.385 e. The summed E-state index contributed by atoms with van der Waals surface area (Å²) in [4.78, 5) is 4.39. The van der Waals surface area contributed by atoms with E-state index in [1.165, 1.54) is 36.8 Å². The Bertz CT molecular complexity index is 570. The van der Waals surface area contributed by atoms with E-state index < -0.39 is 0 Å². The van der Waals surface area contributed by atoms with Gasteiger partial charge in [-0.05, 0) is 49.7 Å². The van der Waals surface area contributed by atoms with E-state index in [1.54, 1.807) is 7.11 Å². The molecule has 0 unspecified atom stereocenters. The van der Waals surface area contributed by atoms with Crippen LogP contribution in [0.15, 0.2) is 29.3 Å². The summed E-state index contributed by atoms with van der Waals surface area (Å²) < 4.78 is 11.0. The van der Waals surface area contributed by atoms with E-state index >= 15 is 0 Å². The van der Waals surface area contributed by atoms with E-state index in [1.807, 2.05) is 7.05 Å². The molecule has 1 saturated carbocycles. The van der Waals surface area contributed by atoms with Crippen molar-refractivity contribution in [2.24, 2.45) is 10.4 Å². The first-order valence-electron chi connectivity index (χ1n) is 10.2. The van der Waals surface area contributed by atoms with E-state index in [0.717, 1.165) is 32.1 Å². The van der Waals surface area contributed by atoms with E-state index in [4.69, 9.17) is 9.47 Å². The van der Waals surface area contributed by atoms with Crippen molar-refractivity contribution >= 4 is 29.9 Å². The summed E-state index contributed by atoms with van der Waals surface area (Å²) in [6.45, 7) is 7.33. The zero-order chi connectivity index (χ0) is 19.5. The Morgan fingerprint density at radius 2 is 1.75 bits per heavy atom. The van der Waals surface area contributed by atoms with Crippen LogP contribution >= 0.6 is 24.0 Å². The van der Waals surface area contributed by atoms with Crippen molar-refractivity contribution in [2.75, 3.05) is 27.3 Å². The van der Waals surface area contributed by atoms with Crippen molar-refractivity contribution < 1.29 is 9.47 Å². The molecule has 1 fully saturated rings. The van der Waals surface area contributed by atoms with Crippen molar-refractivity contribution in [1.29, 1.82) is 0 Å². The summed E-state index contributed by atoms with van der Waals surface area (Å²) >= 11 is 0. The third-order valence-electron chi connectivity index (χ3n) is 5.42. The Morgan fingerprint density at radius 1 is 1.11 bits per heavy atom. The van der Waals surface area contributed by atoms with Gasteiger partial charge in [0.25, 0.3) is 0 Å². The van der Waals surface area contributed by atoms with Crippen LogP contribution in [0.1, 0.15) is 57.1 Å². The Labute approximate surface area is 188 Å². The first-order chi connectivity index (χ1) is 13.1. The van der Waals surface area contributed by atoms with Gasteiger partial charge < -0.3 is 20.1 Å². The van der Waals surface area contributed by atoms with E-state index in [0.29, 0.717) is 12.0 Å². The summed E-state index contributed by atoms with van der Waals surface area (Å²) in [7, 11) is 3.62. The van der Waals surface area contributed by atoms with Crippen LogP contribution in [0.5, 0.6) is 0 Å². The Balaban J connectivity index is 0.00000392. The lowest BCUT2D eigenvalue weighted by Crippen LogP contribution is -2.43. The van der Waals surface area contributed by atoms with Gasteiger partial charge in [-0.25, -0.2) is 0 Å². The number of guanidine groups is 1. The van der Waals surface area contributed by atoms with Crippen molar-refractivity contribution in [3.05, 3.63) is 35.4 Å². The molecule has 0 aliphatic heterocycles. The molecule has 0 spiro atoms. The molecule has 1 aromatic carbocycles. The summed E-state index contributed by atoms with van der Waals surface area (Å²) in [5.74, 6) is 0.867. The smallest absolute Gasteiger partial charge is 0.191 e. The number of rotatable bonds is 10. The standard InChI is InChI=1S/C22H37N3O2.HI/c1-18(2)27-16-20-9-7-19(8-10-20)15-24-21(23-3)25-17-22(13-14-26-4)11-5-6-12-22;/h7-10,18H,5-6,11-17H2,1-4H3,(H2,23,24,25);1H. The van der Waals surface area contributed by atoms with Crippen LogP contribution in [0.3, 0.4) is 0 Å². The zero-order valence-corrected chi connectivity index (χ0v) is 20.3. The molecule has 1 aromatic rings. The van der Waals surface area contributed by atoms with Gasteiger partial charge in [0.1, 0.15) is 0 Å². The summed E-state index contributed by atoms with van der Waals surface area (Å²) in [5.41, 5.74) is 2.79. The highest BCUT2D eigenvalue weighted by molar-refractivity contribution is 14.0. The van der Waals surface area contributed by atoms with Crippen molar-refractivity contribution in [3.8, 4) is 0 Å². The molecule has 0 radical (unpaired) electrons. The molecular formula is C22H38IN3O2. The molecule has 0 atom stereocenters. The van der Waals surface area contributed by atoms with Gasteiger partial charge in [0.15, 0.2) is 5.96 Å². The summed E-state index contributed by atoms with van der Waals surface area (Å²) in [6.07, 6.45) is 6.58. The minimum Gasteiger partial charge on any atom is -0.385 e. The van der Waals surface area contributed by atoms with Gasteiger partial charge in [0, 0.05) is 33.9 Å². The quantitative estimate of drug-likeness (QED) is 0.281. The number of methoxy groups -OCH3 is 1. The second-order valence-corrected chi connectivity index (χ2v) is 7.91. The summed E-state index contributed by atoms with van der Waals surface area (Å²) in [6, 6.07) is 8.56. The zero-order valence-electron chi connectivity index (χ0n) is 17.9. The van der Waals surface area contributed by atoms with Crippen molar-refractivity contribution in [1.82, 2.24) is 10.6 Å². The molecule has 0 heterocycles. The predicted molar refractivity (Wildman–Crippen MR) is 127 cm³/mol. The van der Waals surface area contributed by atoms with Crippen LogP contribution in [0.25, 0.3) is 0 Å². The lowest BCUT2D eigenvalue weighted by atomic mass is 9.83. The van der Waals surface area contributed by atoms with Crippen molar-refractivity contribution in [2.45, 2.75) is 65.2 Å². The Hall–Kier alpha value is -0.860. The molecule has 2 N–H and O–H groups in total. The normalized spacial score (nSPS) is 16.1. The summed E-state index contributed by atoms with van der Waals surface area (Å²) in [5, 5.41) is 6.97. The van der Waals surface area contributed by atoms with Gasteiger partial charge in [-0.2, -0.15) is 0 Å². The van der Waals surface area contributed by atoms with Crippen LogP contribution in [-0.4, -0.2) is 39.4 Å². The molecule has 6 heteroatoms. The molecule has 2 rings (SSSR count). The molecule has 0 amide bonds. The second kappa shape index (κ2) is 13.4. The predicted octanol–water partition coefficient (Wildman–Crippen LogP) is 4.49. The topological polar surface area (TPSA) is 54.9 Å². The van der Waals surface area contributed by atoms with E-state index in [2.05, 4.69) is 53.7 Å². The highest BCUT2D eigenvalue weighted by Gasteiger charge is 2.33. The van der Waals surface area contributed by atoms with Crippen LogP contribution in [0.4, 0.5) is 0 Å². The Morgan fingerprint density at radius 3 is 2.32 bits per heavy atom. The van der Waals surface area contributed by atoms with Crippen LogP contribution in [0, 0.1) is 5.41 Å². The third kappa shape index (κ3) is 8.66. The maximum Gasteiger partial charge on any atom is 0.191 e. The van der Waals surface area contributed by atoms with Crippen LogP contribution < -0.4 is 10.6 Å². The molecule has 5 nitrogen and oxygen atoms in total. The fourth-order valence-corrected chi connectivity index (χ4v) is 3.65. The molecule has 1 aliphatic carbocycles. The molecule has 160 valence electrons. The third-order valence-corrected chi connectivity index (χ3v) is 5.42. The fourth-order valence-electron chi connectivity index (χ4n) is 3.65. The van der Waals surface area contributed by atoms with Gasteiger partial charge in [0.05, 0.1) is 12.7 Å². The minimum atomic E-state index is 0. The van der Waals surface area contributed by atoms with Gasteiger partial charge in [-0.15, -0.1) is 24.0 Å². The fraction of sp³-hybridized carbons (Fsp3) is 0.682. The number of halogens is 1. The number of hydrogen-bond acceptors (Lipinski definition) is 3. The number of hydrogen-bond donors (Lipinski definition) is 2. The molecule has 28 heavy (non-hydrogen) atoms. The number of aliphatic imine (C=N–C) groups is 1. The SMILES string of the molecule is CN=C(NCc1ccc(COC(C)C)cc1)NCC1(CCOC)CCCC1.I. The first-order valence-corrected chi connectivity index (χ1v) is 10.2. The Kier molecular flexibility index (Phi) is 12.0. The maximum atomic E-state index is 5.65. The monoisotopic (exact) mass is 503 g/mol. The van der Waals surface area contributed by atoms with Gasteiger partial charge in [-0.1, -0.05) is 37.1 Å². The highest BCUT2D eigenvalue weighted by atomic mass is 127. The van der Waals surface area contributed by atoms with E-state index in [-0.39, 0.29) is 30.1 Å². The second-order valence-electron chi connectivity index (χ2n) is 7.91. The van der Waals surface area contributed by atoms with Crippen LogP contribution in [0.2, 0.25) is 0 Å². The number of nitrogens with zero attached hydrogens (tertiary/aromatic N) is 1. The number of benzene rings is 1. The first kappa shape index (κ1) is 25.2. The number of ether oxygens (including phenoxy) is 2. The van der Waals surface area contributed by atoms with Gasteiger partial charge in [-0.3, -0.25) is 4.99 Å². The lowest BCUT2D eigenvalue weighted by Gasteiger charge is -2.30. The van der Waals surface area contributed by atoms with Crippen LogP contribution in [-0.2, 0) is 22.6 Å². The molecule has 0 bridgehead atoms. The maximum absolute atomic E-state index is 5.65. The van der Waals surface area contributed by atoms with Gasteiger partial charge >= 0.3 is 0 Å². The average Bonchev–Trinajstić information content (AvgIpc) is 3.15. The lowest BCUT2D eigenvalue weighted by molar-refractivity contribution is 0.0657. The van der Waals surface area contributed by atoms with E-state index in [9.17, 15) is 0 Å². The average molecular weight is 503 g/mol. The molecule has 1 aliphatic rings.